The molecule has 0 unspecified atom stereocenters. The highest BCUT2D eigenvalue weighted by molar-refractivity contribution is 8.05. The van der Waals surface area contributed by atoms with Crippen LogP contribution in [0.25, 0.3) is 0 Å². The van der Waals surface area contributed by atoms with Crippen LogP contribution in [-0.4, -0.2) is 39.7 Å². The van der Waals surface area contributed by atoms with E-state index in [1.807, 2.05) is 13.8 Å². The lowest BCUT2D eigenvalue weighted by Gasteiger charge is -2.46. The van der Waals surface area contributed by atoms with E-state index in [0.29, 0.717) is 11.3 Å². The molecule has 0 aliphatic carbocycles. The van der Waals surface area contributed by atoms with Gasteiger partial charge in [0.15, 0.2) is 0 Å². The third-order valence-electron chi connectivity index (χ3n) is 3.86. The maximum absolute atomic E-state index is 12.3. The molecule has 0 radical (unpaired) electrons. The molecule has 8 heteroatoms. The molecule has 0 spiro atoms. The van der Waals surface area contributed by atoms with Gasteiger partial charge in [0, 0.05) is 29.7 Å². The van der Waals surface area contributed by atoms with E-state index in [1.165, 1.54) is 29.8 Å². The van der Waals surface area contributed by atoms with Crippen LogP contribution in [0.1, 0.15) is 27.2 Å². The number of β-lactam (4-membered cyclic amide) rings is 1. The Bertz CT molecular complexity index is 588. The van der Waals surface area contributed by atoms with Crippen molar-refractivity contribution in [3.8, 4) is 0 Å². The predicted molar refractivity (Wildman–Crippen MR) is 88.9 cm³/mol. The number of hydrogen-bond acceptors (Lipinski definition) is 6. The molecule has 2 heterocycles. The molecule has 0 aromatic carbocycles. The van der Waals surface area contributed by atoms with Gasteiger partial charge >= 0.3 is 0 Å². The second-order valence-electron chi connectivity index (χ2n) is 5.35. The standard InChI is InChI=1S/C15H20N2O4S2/c1-4-22-8(2)12-10-7-11(23-6-5-16-9(3)18)13(15(20)21)17(10)14(12)19/h5-6,8,10,12H,4,7H2,1-3H3,(H,16,18)(H,20,21)/p-1/b6-5+/t8-,10-,12-/m1/s1. The normalized spacial score (nSPS) is 24.7. The Kier molecular flexibility index (Phi) is 5.80. The van der Waals surface area contributed by atoms with Crippen LogP contribution in [0.15, 0.2) is 22.2 Å². The van der Waals surface area contributed by atoms with Gasteiger partial charge in [-0.05, 0) is 11.2 Å². The van der Waals surface area contributed by atoms with E-state index in [1.54, 1.807) is 17.2 Å². The van der Waals surface area contributed by atoms with Crippen molar-refractivity contribution < 1.29 is 19.5 Å². The molecular formula is C15H19N2O4S2-. The molecule has 2 amide bonds. The number of thioether (sulfide) groups is 2. The monoisotopic (exact) mass is 355 g/mol. The van der Waals surface area contributed by atoms with Gasteiger partial charge in [-0.1, -0.05) is 25.6 Å². The first-order valence-corrected chi connectivity index (χ1v) is 9.29. The zero-order valence-electron chi connectivity index (χ0n) is 13.2. The number of carbonyl (C=O) groups is 3. The molecule has 1 fully saturated rings. The molecule has 23 heavy (non-hydrogen) atoms. The van der Waals surface area contributed by atoms with Gasteiger partial charge in [0.05, 0.1) is 23.6 Å². The summed E-state index contributed by atoms with van der Waals surface area (Å²) >= 11 is 2.91. The van der Waals surface area contributed by atoms with Gasteiger partial charge in [-0.25, -0.2) is 0 Å². The van der Waals surface area contributed by atoms with E-state index in [0.717, 1.165) is 5.75 Å². The lowest BCUT2D eigenvalue weighted by Crippen LogP contribution is -2.62. The smallest absolute Gasteiger partial charge is 0.233 e. The number of carboxylic acid groups (broad SMARTS) is 1. The number of carbonyl (C=O) groups excluding carboxylic acids is 3. The highest BCUT2D eigenvalue weighted by Crippen LogP contribution is 2.48. The Morgan fingerprint density at radius 2 is 2.22 bits per heavy atom. The van der Waals surface area contributed by atoms with Gasteiger partial charge < -0.3 is 20.1 Å². The number of nitrogens with one attached hydrogen (secondary N) is 1. The molecular weight excluding hydrogens is 336 g/mol. The number of amides is 2. The average Bonchev–Trinajstić information content (AvgIpc) is 2.78. The Morgan fingerprint density at radius 3 is 2.78 bits per heavy atom. The highest BCUT2D eigenvalue weighted by atomic mass is 32.2. The van der Waals surface area contributed by atoms with E-state index in [4.69, 9.17) is 0 Å². The molecule has 0 saturated carbocycles. The van der Waals surface area contributed by atoms with Crippen LogP contribution in [-0.2, 0) is 14.4 Å². The third-order valence-corrected chi connectivity index (χ3v) is 5.93. The SMILES string of the molecule is CCS[C@H](C)[C@H]1C(=O)N2C(C(=O)[O-])=C(S/C=C/NC(C)=O)C[C@H]12. The third kappa shape index (κ3) is 3.58. The van der Waals surface area contributed by atoms with E-state index in [2.05, 4.69) is 5.32 Å². The summed E-state index contributed by atoms with van der Waals surface area (Å²) in [6.45, 7) is 5.43. The van der Waals surface area contributed by atoms with Crippen LogP contribution in [0.3, 0.4) is 0 Å². The first-order chi connectivity index (χ1) is 10.9. The number of rotatable bonds is 7. The summed E-state index contributed by atoms with van der Waals surface area (Å²) in [7, 11) is 0. The Balaban J connectivity index is 2.11. The molecule has 6 nitrogen and oxygen atoms in total. The van der Waals surface area contributed by atoms with Crippen molar-refractivity contribution in [1.29, 1.82) is 0 Å². The second-order valence-corrected chi connectivity index (χ2v) is 8.00. The fraction of sp³-hybridized carbons (Fsp3) is 0.533. The lowest BCUT2D eigenvalue weighted by molar-refractivity contribution is -0.301. The summed E-state index contributed by atoms with van der Waals surface area (Å²) in [5, 5.41) is 15.7. The average molecular weight is 355 g/mol. The zero-order chi connectivity index (χ0) is 17.1. The van der Waals surface area contributed by atoms with Crippen molar-refractivity contribution in [2.75, 3.05) is 5.75 Å². The predicted octanol–water partition coefficient (Wildman–Crippen LogP) is 0.661. The van der Waals surface area contributed by atoms with Crippen LogP contribution in [0.2, 0.25) is 0 Å². The van der Waals surface area contributed by atoms with Gasteiger partial charge in [0.25, 0.3) is 0 Å². The summed E-state index contributed by atoms with van der Waals surface area (Å²) in [4.78, 5) is 36.5. The van der Waals surface area contributed by atoms with Gasteiger partial charge in [-0.3, -0.25) is 9.59 Å². The first-order valence-electron chi connectivity index (χ1n) is 7.36. The Morgan fingerprint density at radius 1 is 1.52 bits per heavy atom. The Labute approximate surface area is 143 Å². The van der Waals surface area contributed by atoms with E-state index >= 15 is 0 Å². The van der Waals surface area contributed by atoms with Crippen molar-refractivity contribution in [3.05, 3.63) is 22.2 Å². The number of nitrogens with zero attached hydrogens (tertiary/aromatic N) is 1. The summed E-state index contributed by atoms with van der Waals surface area (Å²) < 4.78 is 0. The quantitative estimate of drug-likeness (QED) is 0.675. The molecule has 2 aliphatic rings. The van der Waals surface area contributed by atoms with Crippen LogP contribution in [0, 0.1) is 5.92 Å². The molecule has 0 aromatic heterocycles. The highest BCUT2D eigenvalue weighted by Gasteiger charge is 2.55. The van der Waals surface area contributed by atoms with Gasteiger partial charge in [-0.15, -0.1) is 0 Å². The minimum atomic E-state index is -1.33. The first kappa shape index (κ1) is 17.9. The molecule has 126 valence electrons. The molecule has 2 aliphatic heterocycles. The van der Waals surface area contributed by atoms with Crippen molar-refractivity contribution in [3.63, 3.8) is 0 Å². The minimum absolute atomic E-state index is 0.0255. The fourth-order valence-electron chi connectivity index (χ4n) is 2.95. The maximum Gasteiger partial charge on any atom is 0.233 e. The molecule has 3 atom stereocenters. The number of aliphatic carboxylic acids is 1. The van der Waals surface area contributed by atoms with Gasteiger partial charge in [0.2, 0.25) is 11.8 Å². The van der Waals surface area contributed by atoms with Crippen molar-refractivity contribution in [2.24, 2.45) is 5.92 Å². The summed E-state index contributed by atoms with van der Waals surface area (Å²) in [5.41, 5.74) is -0.0255. The molecule has 1 N–H and O–H groups in total. The van der Waals surface area contributed by atoms with Crippen LogP contribution >= 0.6 is 23.5 Å². The van der Waals surface area contributed by atoms with E-state index in [-0.39, 0.29) is 34.7 Å². The van der Waals surface area contributed by atoms with Gasteiger partial charge in [-0.2, -0.15) is 11.8 Å². The number of carboxylic acids is 1. The van der Waals surface area contributed by atoms with Crippen molar-refractivity contribution in [1.82, 2.24) is 10.2 Å². The fourth-order valence-corrected chi connectivity index (χ4v) is 4.84. The van der Waals surface area contributed by atoms with E-state index < -0.39 is 5.97 Å². The summed E-state index contributed by atoms with van der Waals surface area (Å²) in [6.07, 6.45) is 1.97. The number of hydrogen-bond donors (Lipinski definition) is 1. The molecule has 1 saturated heterocycles. The van der Waals surface area contributed by atoms with Crippen LogP contribution < -0.4 is 10.4 Å². The minimum Gasteiger partial charge on any atom is -0.543 e. The number of fused-ring (bicyclic) bond motifs is 1. The van der Waals surface area contributed by atoms with Crippen LogP contribution in [0.5, 0.6) is 0 Å². The van der Waals surface area contributed by atoms with E-state index in [9.17, 15) is 19.5 Å². The zero-order valence-corrected chi connectivity index (χ0v) is 14.8. The van der Waals surface area contributed by atoms with Crippen molar-refractivity contribution in [2.45, 2.75) is 38.5 Å². The topological polar surface area (TPSA) is 89.5 Å². The lowest BCUT2D eigenvalue weighted by atomic mass is 9.85. The second kappa shape index (κ2) is 7.44. The largest absolute Gasteiger partial charge is 0.543 e. The van der Waals surface area contributed by atoms with Crippen LogP contribution in [0.4, 0.5) is 0 Å². The Hall–Kier alpha value is -1.41. The molecule has 0 aromatic rings. The molecule has 2 rings (SSSR count). The summed E-state index contributed by atoms with van der Waals surface area (Å²) in [5.74, 6) is -0.896. The maximum atomic E-state index is 12.3. The molecule has 0 bridgehead atoms. The van der Waals surface area contributed by atoms with Gasteiger partial charge in [0.1, 0.15) is 0 Å². The van der Waals surface area contributed by atoms with Crippen molar-refractivity contribution >= 4 is 41.3 Å². The summed E-state index contributed by atoms with van der Waals surface area (Å²) in [6, 6.07) is -0.0962.